The Kier molecular flexibility index (Phi) is 8.28. The molecule has 0 spiro atoms. The van der Waals surface area contributed by atoms with Gasteiger partial charge in [0.05, 0.1) is 38.6 Å². The second-order valence-electron chi connectivity index (χ2n) is 3.75. The molecule has 0 aromatic carbocycles. The van der Waals surface area contributed by atoms with Crippen LogP contribution < -0.4 is 4.74 Å². The molecule has 0 atom stereocenters. The maximum absolute atomic E-state index is 10.7. The molecular formula is C13H19NO6. The molecule has 1 aromatic rings. The standard InChI is InChI=1S/C13H19NO6/c1-17-4-5-18-6-7-19-8-9-20-12-10-11(13(15)16)2-3-14-12/h2-3,10H,4-9H2,1H3,(H,15,16). The summed E-state index contributed by atoms with van der Waals surface area (Å²) in [5.74, 6) is -0.744. The van der Waals surface area contributed by atoms with Crippen molar-refractivity contribution in [3.05, 3.63) is 23.9 Å². The predicted octanol–water partition coefficient (Wildman–Crippen LogP) is 0.838. The number of nitrogens with zero attached hydrogens (tertiary/aromatic N) is 1. The molecule has 1 N–H and O–H groups in total. The van der Waals surface area contributed by atoms with Crippen LogP contribution >= 0.6 is 0 Å². The molecule has 0 aliphatic carbocycles. The fraction of sp³-hybridized carbons (Fsp3) is 0.538. The van der Waals surface area contributed by atoms with Crippen molar-refractivity contribution in [2.45, 2.75) is 0 Å². The lowest BCUT2D eigenvalue weighted by atomic mass is 10.3. The van der Waals surface area contributed by atoms with Crippen LogP contribution in [0.5, 0.6) is 5.88 Å². The highest BCUT2D eigenvalue weighted by Gasteiger charge is 2.04. The SMILES string of the molecule is COCCOCCOCCOc1cc(C(=O)O)ccn1. The van der Waals surface area contributed by atoms with E-state index in [0.29, 0.717) is 39.6 Å². The zero-order valence-electron chi connectivity index (χ0n) is 11.4. The third-order valence-electron chi connectivity index (χ3n) is 2.26. The lowest BCUT2D eigenvalue weighted by Crippen LogP contribution is -2.12. The van der Waals surface area contributed by atoms with Crippen LogP contribution in [0.2, 0.25) is 0 Å². The second kappa shape index (κ2) is 10.1. The number of pyridine rings is 1. The molecule has 0 bridgehead atoms. The van der Waals surface area contributed by atoms with Crippen molar-refractivity contribution in [3.8, 4) is 5.88 Å². The number of aromatic carboxylic acids is 1. The van der Waals surface area contributed by atoms with Crippen molar-refractivity contribution in [2.24, 2.45) is 0 Å². The molecule has 7 nitrogen and oxygen atoms in total. The number of aromatic nitrogens is 1. The van der Waals surface area contributed by atoms with Crippen molar-refractivity contribution in [1.29, 1.82) is 0 Å². The second-order valence-corrected chi connectivity index (χ2v) is 3.75. The quantitative estimate of drug-likeness (QED) is 0.603. The van der Waals surface area contributed by atoms with E-state index < -0.39 is 5.97 Å². The van der Waals surface area contributed by atoms with E-state index >= 15 is 0 Å². The summed E-state index contributed by atoms with van der Waals surface area (Å²) >= 11 is 0. The minimum atomic E-state index is -1.01. The minimum Gasteiger partial charge on any atom is -0.478 e. The number of carboxylic acids is 1. The van der Waals surface area contributed by atoms with E-state index in [1.54, 1.807) is 7.11 Å². The molecule has 0 fully saturated rings. The van der Waals surface area contributed by atoms with Crippen LogP contribution in [0, 0.1) is 0 Å². The maximum atomic E-state index is 10.7. The van der Waals surface area contributed by atoms with Gasteiger partial charge in [-0.25, -0.2) is 9.78 Å². The van der Waals surface area contributed by atoms with Gasteiger partial charge in [-0.1, -0.05) is 0 Å². The van der Waals surface area contributed by atoms with E-state index in [9.17, 15) is 4.79 Å². The number of carboxylic acid groups (broad SMARTS) is 1. The molecule has 1 rings (SSSR count). The topological polar surface area (TPSA) is 87.1 Å². The van der Waals surface area contributed by atoms with E-state index in [4.69, 9.17) is 24.1 Å². The molecule has 1 heterocycles. The highest BCUT2D eigenvalue weighted by Crippen LogP contribution is 2.08. The first-order valence-corrected chi connectivity index (χ1v) is 6.20. The Morgan fingerprint density at radius 1 is 1.15 bits per heavy atom. The number of rotatable bonds is 11. The van der Waals surface area contributed by atoms with Crippen molar-refractivity contribution < 1.29 is 28.8 Å². The molecule has 0 saturated carbocycles. The zero-order valence-corrected chi connectivity index (χ0v) is 11.4. The van der Waals surface area contributed by atoms with Crippen molar-refractivity contribution in [3.63, 3.8) is 0 Å². The lowest BCUT2D eigenvalue weighted by Gasteiger charge is -2.07. The van der Waals surface area contributed by atoms with Gasteiger partial charge in [-0.2, -0.15) is 0 Å². The third kappa shape index (κ3) is 7.03. The fourth-order valence-corrected chi connectivity index (χ4v) is 1.29. The molecule has 1 aromatic heterocycles. The molecule has 0 radical (unpaired) electrons. The first kappa shape index (κ1) is 16.4. The molecular weight excluding hydrogens is 266 g/mol. The Morgan fingerprint density at radius 3 is 2.45 bits per heavy atom. The van der Waals surface area contributed by atoms with Gasteiger partial charge in [0.15, 0.2) is 0 Å². The minimum absolute atomic E-state index is 0.141. The van der Waals surface area contributed by atoms with Gasteiger partial charge in [-0.15, -0.1) is 0 Å². The van der Waals surface area contributed by atoms with Gasteiger partial charge in [-0.3, -0.25) is 0 Å². The van der Waals surface area contributed by atoms with Crippen LogP contribution in [-0.2, 0) is 14.2 Å². The Morgan fingerprint density at radius 2 is 1.80 bits per heavy atom. The van der Waals surface area contributed by atoms with Gasteiger partial charge in [0, 0.05) is 19.4 Å². The molecule has 7 heteroatoms. The Labute approximate surface area is 117 Å². The van der Waals surface area contributed by atoms with Crippen LogP contribution in [0.3, 0.4) is 0 Å². The summed E-state index contributed by atoms with van der Waals surface area (Å²) in [5.41, 5.74) is 0.141. The molecule has 0 aliphatic rings. The van der Waals surface area contributed by atoms with Crippen LogP contribution in [-0.4, -0.2) is 62.8 Å². The summed E-state index contributed by atoms with van der Waals surface area (Å²) in [5, 5.41) is 8.81. The van der Waals surface area contributed by atoms with Gasteiger partial charge >= 0.3 is 5.97 Å². The average Bonchev–Trinajstić information content (AvgIpc) is 2.46. The van der Waals surface area contributed by atoms with Gasteiger partial charge in [-0.05, 0) is 6.07 Å². The van der Waals surface area contributed by atoms with Crippen molar-refractivity contribution in [2.75, 3.05) is 46.8 Å². The van der Waals surface area contributed by atoms with Crippen LogP contribution in [0.4, 0.5) is 0 Å². The largest absolute Gasteiger partial charge is 0.478 e. The van der Waals surface area contributed by atoms with E-state index in [1.807, 2.05) is 0 Å². The van der Waals surface area contributed by atoms with E-state index in [1.165, 1.54) is 18.3 Å². The van der Waals surface area contributed by atoms with E-state index in [0.717, 1.165) is 0 Å². The average molecular weight is 285 g/mol. The highest BCUT2D eigenvalue weighted by molar-refractivity contribution is 5.87. The molecule has 0 saturated heterocycles. The lowest BCUT2D eigenvalue weighted by molar-refractivity contribution is 0.0176. The summed E-state index contributed by atoms with van der Waals surface area (Å²) in [6.07, 6.45) is 1.39. The third-order valence-corrected chi connectivity index (χ3v) is 2.26. The maximum Gasteiger partial charge on any atom is 0.335 e. The molecule has 20 heavy (non-hydrogen) atoms. The van der Waals surface area contributed by atoms with Gasteiger partial charge < -0.3 is 24.1 Å². The van der Waals surface area contributed by atoms with E-state index in [-0.39, 0.29) is 11.4 Å². The number of hydrogen-bond donors (Lipinski definition) is 1. The summed E-state index contributed by atoms with van der Waals surface area (Å²) in [4.78, 5) is 14.7. The van der Waals surface area contributed by atoms with Crippen LogP contribution in [0.25, 0.3) is 0 Å². The summed E-state index contributed by atoms with van der Waals surface area (Å²) in [6, 6.07) is 2.78. The van der Waals surface area contributed by atoms with Crippen LogP contribution in [0.1, 0.15) is 10.4 Å². The molecule has 0 unspecified atom stereocenters. The summed E-state index contributed by atoms with van der Waals surface area (Å²) in [7, 11) is 1.62. The molecule has 0 amide bonds. The predicted molar refractivity (Wildman–Crippen MR) is 70.2 cm³/mol. The zero-order chi connectivity index (χ0) is 14.6. The Balaban J connectivity index is 2.06. The van der Waals surface area contributed by atoms with Crippen LogP contribution in [0.15, 0.2) is 18.3 Å². The first-order chi connectivity index (χ1) is 9.74. The Bertz CT molecular complexity index is 398. The summed E-state index contributed by atoms with van der Waals surface area (Å²) in [6.45, 7) is 2.75. The fourth-order valence-electron chi connectivity index (χ4n) is 1.29. The van der Waals surface area contributed by atoms with Gasteiger partial charge in [0.1, 0.15) is 6.61 Å². The number of hydrogen-bond acceptors (Lipinski definition) is 6. The van der Waals surface area contributed by atoms with E-state index in [2.05, 4.69) is 4.98 Å². The Hall–Kier alpha value is -1.70. The molecule has 112 valence electrons. The number of ether oxygens (including phenoxy) is 4. The smallest absolute Gasteiger partial charge is 0.335 e. The van der Waals surface area contributed by atoms with Gasteiger partial charge in [0.2, 0.25) is 5.88 Å². The van der Waals surface area contributed by atoms with Gasteiger partial charge in [0.25, 0.3) is 0 Å². The highest BCUT2D eigenvalue weighted by atomic mass is 16.6. The normalized spacial score (nSPS) is 10.4. The van der Waals surface area contributed by atoms with Crippen molar-refractivity contribution >= 4 is 5.97 Å². The summed E-state index contributed by atoms with van der Waals surface area (Å²) < 4.78 is 20.6. The number of methoxy groups -OCH3 is 1. The first-order valence-electron chi connectivity index (χ1n) is 6.20. The van der Waals surface area contributed by atoms with Crippen molar-refractivity contribution in [1.82, 2.24) is 4.98 Å². The number of carbonyl (C=O) groups is 1. The monoisotopic (exact) mass is 285 g/mol. The molecule has 0 aliphatic heterocycles.